The molecular formula is C13H18N2O5S. The van der Waals surface area contributed by atoms with E-state index in [1.165, 1.54) is 26.0 Å². The Morgan fingerprint density at radius 3 is 2.33 bits per heavy atom. The fourth-order valence-corrected chi connectivity index (χ4v) is 3.09. The summed E-state index contributed by atoms with van der Waals surface area (Å²) in [6.07, 6.45) is 0.460. The van der Waals surface area contributed by atoms with Crippen molar-refractivity contribution in [2.75, 3.05) is 0 Å². The molecule has 7 nitrogen and oxygen atoms in total. The molecule has 0 bridgehead atoms. The van der Waals surface area contributed by atoms with E-state index in [1.807, 2.05) is 0 Å². The van der Waals surface area contributed by atoms with Crippen LogP contribution >= 0.6 is 0 Å². The summed E-state index contributed by atoms with van der Waals surface area (Å²) >= 11 is 0. The number of aromatic carboxylic acids is 1. The standard InChI is InChI=1S/C13H18N2O5S/c1-4-8-5-6-9(7-10(8)11(16)17)21(19,20)15-13(2,3)12(14)18/h5-7,15H,4H2,1-3H3,(H2,14,18)(H,16,17). The van der Waals surface area contributed by atoms with Gasteiger partial charge in [-0.15, -0.1) is 0 Å². The van der Waals surface area contributed by atoms with Crippen molar-refractivity contribution in [2.45, 2.75) is 37.6 Å². The highest BCUT2D eigenvalue weighted by Gasteiger charge is 2.31. The highest BCUT2D eigenvalue weighted by molar-refractivity contribution is 7.89. The van der Waals surface area contributed by atoms with Gasteiger partial charge in [0, 0.05) is 0 Å². The second-order valence-corrected chi connectivity index (χ2v) is 6.75. The lowest BCUT2D eigenvalue weighted by Crippen LogP contribution is -2.52. The monoisotopic (exact) mass is 314 g/mol. The van der Waals surface area contributed by atoms with Gasteiger partial charge in [-0.1, -0.05) is 13.0 Å². The Bertz CT molecular complexity index is 680. The largest absolute Gasteiger partial charge is 0.478 e. The van der Waals surface area contributed by atoms with Crippen LogP contribution in [0.5, 0.6) is 0 Å². The smallest absolute Gasteiger partial charge is 0.336 e. The maximum atomic E-state index is 12.2. The number of benzene rings is 1. The van der Waals surface area contributed by atoms with Crippen LogP contribution in [0.1, 0.15) is 36.7 Å². The van der Waals surface area contributed by atoms with Crippen LogP contribution in [0.4, 0.5) is 0 Å². The van der Waals surface area contributed by atoms with Crippen molar-refractivity contribution in [3.63, 3.8) is 0 Å². The average Bonchev–Trinajstić information content (AvgIpc) is 2.36. The van der Waals surface area contributed by atoms with E-state index in [0.29, 0.717) is 12.0 Å². The molecule has 21 heavy (non-hydrogen) atoms. The summed E-state index contributed by atoms with van der Waals surface area (Å²) < 4.78 is 26.6. The number of amides is 1. The number of hydrogen-bond acceptors (Lipinski definition) is 4. The molecule has 0 fully saturated rings. The van der Waals surface area contributed by atoms with Crippen molar-refractivity contribution >= 4 is 21.9 Å². The first-order valence-electron chi connectivity index (χ1n) is 6.21. The number of rotatable bonds is 6. The van der Waals surface area contributed by atoms with Crippen molar-refractivity contribution in [3.05, 3.63) is 29.3 Å². The van der Waals surface area contributed by atoms with Crippen LogP contribution in [0, 0.1) is 0 Å². The number of carbonyl (C=O) groups excluding carboxylic acids is 1. The number of carboxylic acids is 1. The van der Waals surface area contributed by atoms with Crippen molar-refractivity contribution in [2.24, 2.45) is 5.73 Å². The lowest BCUT2D eigenvalue weighted by molar-refractivity contribution is -0.122. The van der Waals surface area contributed by atoms with Crippen molar-refractivity contribution in [1.29, 1.82) is 0 Å². The third-order valence-electron chi connectivity index (χ3n) is 3.01. The molecule has 116 valence electrons. The molecule has 4 N–H and O–H groups in total. The molecule has 1 rings (SSSR count). The Labute approximate surface area is 123 Å². The predicted molar refractivity (Wildman–Crippen MR) is 76.4 cm³/mol. The second-order valence-electron chi connectivity index (χ2n) is 5.07. The lowest BCUT2D eigenvalue weighted by atomic mass is 10.1. The SMILES string of the molecule is CCc1ccc(S(=O)(=O)NC(C)(C)C(N)=O)cc1C(=O)O. The molecule has 0 spiro atoms. The number of carboxylic acid groups (broad SMARTS) is 1. The lowest BCUT2D eigenvalue weighted by Gasteiger charge is -2.22. The van der Waals surface area contributed by atoms with Gasteiger partial charge in [-0.05, 0) is 38.0 Å². The number of aryl methyl sites for hydroxylation is 1. The Balaban J connectivity index is 3.30. The molecule has 0 saturated heterocycles. The quantitative estimate of drug-likeness (QED) is 0.704. The van der Waals surface area contributed by atoms with Crippen LogP contribution in [0.2, 0.25) is 0 Å². The zero-order valence-corrected chi connectivity index (χ0v) is 12.8. The van der Waals surface area contributed by atoms with Crippen molar-refractivity contribution in [3.8, 4) is 0 Å². The molecular weight excluding hydrogens is 296 g/mol. The molecule has 1 aromatic carbocycles. The number of nitrogens with two attached hydrogens (primary N) is 1. The number of primary amides is 1. The molecule has 0 saturated carbocycles. The fourth-order valence-electron chi connectivity index (χ4n) is 1.68. The van der Waals surface area contributed by atoms with E-state index in [9.17, 15) is 18.0 Å². The van der Waals surface area contributed by atoms with Gasteiger partial charge in [0.15, 0.2) is 0 Å². The summed E-state index contributed by atoms with van der Waals surface area (Å²) in [5.74, 6) is -2.05. The molecule has 0 radical (unpaired) electrons. The van der Waals surface area contributed by atoms with Crippen LogP contribution in [0.15, 0.2) is 23.1 Å². The maximum absolute atomic E-state index is 12.2. The third kappa shape index (κ3) is 3.79. The minimum absolute atomic E-state index is 0.0859. The van der Waals surface area contributed by atoms with Gasteiger partial charge in [0.2, 0.25) is 15.9 Å². The van der Waals surface area contributed by atoms with Crippen LogP contribution in [-0.4, -0.2) is 30.9 Å². The van der Waals surface area contributed by atoms with E-state index < -0.39 is 27.4 Å². The molecule has 0 unspecified atom stereocenters. The molecule has 0 atom stereocenters. The second kappa shape index (κ2) is 5.82. The number of nitrogens with one attached hydrogen (secondary N) is 1. The van der Waals surface area contributed by atoms with Gasteiger partial charge in [0.25, 0.3) is 0 Å². The Morgan fingerprint density at radius 1 is 1.33 bits per heavy atom. The van der Waals surface area contributed by atoms with Crippen molar-refractivity contribution < 1.29 is 23.1 Å². The fraction of sp³-hybridized carbons (Fsp3) is 0.385. The summed E-state index contributed by atoms with van der Waals surface area (Å²) in [6, 6.07) is 3.81. The Morgan fingerprint density at radius 2 is 1.90 bits per heavy atom. The number of sulfonamides is 1. The predicted octanol–water partition coefficient (Wildman–Crippen LogP) is 0.489. The molecule has 0 aliphatic heterocycles. The first-order chi connectivity index (χ1) is 9.51. The highest BCUT2D eigenvalue weighted by atomic mass is 32.2. The van der Waals surface area contributed by atoms with Crippen LogP contribution < -0.4 is 10.5 Å². The first-order valence-corrected chi connectivity index (χ1v) is 7.69. The summed E-state index contributed by atoms with van der Waals surface area (Å²) in [7, 11) is -4.06. The van der Waals surface area contributed by atoms with Gasteiger partial charge < -0.3 is 10.8 Å². The van der Waals surface area contributed by atoms with Gasteiger partial charge in [0.05, 0.1) is 10.5 Å². The molecule has 0 heterocycles. The van der Waals surface area contributed by atoms with Gasteiger partial charge in [-0.25, -0.2) is 13.2 Å². The topological polar surface area (TPSA) is 127 Å². The zero-order chi connectivity index (χ0) is 16.4. The highest BCUT2D eigenvalue weighted by Crippen LogP contribution is 2.18. The summed E-state index contributed by atoms with van der Waals surface area (Å²) in [6.45, 7) is 4.42. The number of carbonyl (C=O) groups is 2. The van der Waals surface area contributed by atoms with E-state index in [1.54, 1.807) is 6.92 Å². The molecule has 1 aromatic rings. The normalized spacial score (nSPS) is 12.1. The summed E-state index contributed by atoms with van der Waals surface area (Å²) in [5.41, 5.74) is 4.08. The molecule has 0 aliphatic carbocycles. The van der Waals surface area contributed by atoms with E-state index in [2.05, 4.69) is 4.72 Å². The van der Waals surface area contributed by atoms with E-state index in [4.69, 9.17) is 10.8 Å². The van der Waals surface area contributed by atoms with Gasteiger partial charge in [-0.3, -0.25) is 4.79 Å². The molecule has 1 amide bonds. The summed E-state index contributed by atoms with van der Waals surface area (Å²) in [5, 5.41) is 9.12. The first kappa shape index (κ1) is 17.1. The zero-order valence-electron chi connectivity index (χ0n) is 12.0. The van der Waals surface area contributed by atoms with Gasteiger partial charge in [-0.2, -0.15) is 4.72 Å². The van der Waals surface area contributed by atoms with E-state index in [0.717, 1.165) is 6.07 Å². The third-order valence-corrected chi connectivity index (χ3v) is 4.66. The molecule has 0 aliphatic rings. The Hall–Kier alpha value is -1.93. The van der Waals surface area contributed by atoms with Crippen molar-refractivity contribution in [1.82, 2.24) is 4.72 Å². The van der Waals surface area contributed by atoms with Crippen LogP contribution in [0.3, 0.4) is 0 Å². The maximum Gasteiger partial charge on any atom is 0.336 e. The van der Waals surface area contributed by atoms with Crippen LogP contribution in [0.25, 0.3) is 0 Å². The van der Waals surface area contributed by atoms with E-state index >= 15 is 0 Å². The van der Waals surface area contributed by atoms with Crippen LogP contribution in [-0.2, 0) is 21.2 Å². The molecule has 0 aromatic heterocycles. The average molecular weight is 314 g/mol. The van der Waals surface area contributed by atoms with E-state index in [-0.39, 0.29) is 10.5 Å². The summed E-state index contributed by atoms with van der Waals surface area (Å²) in [4.78, 5) is 22.1. The minimum Gasteiger partial charge on any atom is -0.478 e. The minimum atomic E-state index is -4.06. The molecule has 8 heteroatoms. The van der Waals surface area contributed by atoms with Gasteiger partial charge >= 0.3 is 5.97 Å². The Kier molecular flexibility index (Phi) is 4.75. The van der Waals surface area contributed by atoms with Gasteiger partial charge in [0.1, 0.15) is 5.54 Å². The number of hydrogen-bond donors (Lipinski definition) is 3.